The summed E-state index contributed by atoms with van der Waals surface area (Å²) in [6, 6.07) is 15.9. The van der Waals surface area contributed by atoms with E-state index in [0.29, 0.717) is 11.6 Å². The zero-order chi connectivity index (χ0) is 17.9. The van der Waals surface area contributed by atoms with Crippen LogP contribution in [0.25, 0.3) is 10.9 Å². The Bertz CT molecular complexity index is 1080. The summed E-state index contributed by atoms with van der Waals surface area (Å²) in [5.41, 5.74) is 8.32. The molecule has 0 fully saturated rings. The lowest BCUT2D eigenvalue weighted by atomic mass is 10.2. The molecule has 0 radical (unpaired) electrons. The molecule has 0 spiro atoms. The molecule has 0 atom stereocenters. The Morgan fingerprint density at radius 2 is 1.46 bits per heavy atom. The van der Waals surface area contributed by atoms with E-state index < -0.39 is 5.82 Å². The third-order valence-corrected chi connectivity index (χ3v) is 3.90. The Morgan fingerprint density at radius 3 is 2.27 bits per heavy atom. The molecule has 0 aliphatic carbocycles. The van der Waals surface area contributed by atoms with Crippen LogP contribution in [0.4, 0.5) is 33.1 Å². The molecule has 0 amide bonds. The van der Waals surface area contributed by atoms with Gasteiger partial charge in [-0.2, -0.15) is 0 Å². The molecule has 0 saturated carbocycles. The first-order chi connectivity index (χ1) is 12.7. The summed E-state index contributed by atoms with van der Waals surface area (Å²) in [4.78, 5) is 12.7. The Kier molecular flexibility index (Phi) is 4.03. The van der Waals surface area contributed by atoms with Gasteiger partial charge in [-0.1, -0.05) is 30.3 Å². The second-order valence-electron chi connectivity index (χ2n) is 5.60. The Hall–Kier alpha value is -3.74. The highest BCUT2D eigenvalue weighted by molar-refractivity contribution is 5.93. The van der Waals surface area contributed by atoms with Crippen LogP contribution in [0.2, 0.25) is 0 Å². The van der Waals surface area contributed by atoms with Crippen LogP contribution in [0.3, 0.4) is 0 Å². The lowest BCUT2D eigenvalue weighted by Crippen LogP contribution is -2.06. The molecule has 7 heteroatoms. The second-order valence-corrected chi connectivity index (χ2v) is 5.60. The number of nitrogen functional groups attached to an aromatic ring is 1. The van der Waals surface area contributed by atoms with E-state index >= 15 is 0 Å². The number of hydrogen-bond acceptors (Lipinski definition) is 6. The van der Waals surface area contributed by atoms with Crippen LogP contribution in [0, 0.1) is 5.82 Å². The molecule has 4 aromatic rings. The van der Waals surface area contributed by atoms with Crippen molar-refractivity contribution in [3.05, 3.63) is 72.9 Å². The number of anilines is 5. The lowest BCUT2D eigenvalue weighted by molar-refractivity contribution is 0.632. The van der Waals surface area contributed by atoms with Crippen molar-refractivity contribution in [1.29, 1.82) is 0 Å². The average molecular weight is 346 g/mol. The minimum Gasteiger partial charge on any atom is -0.393 e. The fourth-order valence-corrected chi connectivity index (χ4v) is 2.62. The van der Waals surface area contributed by atoms with Crippen LogP contribution >= 0.6 is 0 Å². The molecular formula is C19H15FN6. The quantitative estimate of drug-likeness (QED) is 0.512. The van der Waals surface area contributed by atoms with Gasteiger partial charge in [0.05, 0.1) is 16.9 Å². The molecule has 26 heavy (non-hydrogen) atoms. The minimum atomic E-state index is -0.390. The average Bonchev–Trinajstić information content (AvgIpc) is 2.67. The highest BCUT2D eigenvalue weighted by Gasteiger charge is 2.12. The number of nitrogens with two attached hydrogens (primary N) is 1. The molecule has 0 unspecified atom stereocenters. The number of rotatable bonds is 4. The maximum absolute atomic E-state index is 13.9. The first kappa shape index (κ1) is 15.8. The van der Waals surface area contributed by atoms with Crippen molar-refractivity contribution >= 4 is 39.6 Å². The normalized spacial score (nSPS) is 10.7. The molecule has 0 aliphatic heterocycles. The zero-order valence-electron chi connectivity index (χ0n) is 13.6. The van der Waals surface area contributed by atoms with Crippen molar-refractivity contribution in [2.45, 2.75) is 0 Å². The summed E-state index contributed by atoms with van der Waals surface area (Å²) < 4.78 is 13.9. The SMILES string of the molecule is Nc1c(Nc2ccccc2F)ncnc1Nc1cccc2cccnc12. The number of para-hydroxylation sites is 2. The van der Waals surface area contributed by atoms with E-state index in [9.17, 15) is 4.39 Å². The topological polar surface area (TPSA) is 88.8 Å². The van der Waals surface area contributed by atoms with Gasteiger partial charge in [0, 0.05) is 11.6 Å². The van der Waals surface area contributed by atoms with Crippen LogP contribution in [-0.4, -0.2) is 15.0 Å². The Balaban J connectivity index is 1.69. The van der Waals surface area contributed by atoms with E-state index in [-0.39, 0.29) is 11.4 Å². The van der Waals surface area contributed by atoms with Crippen molar-refractivity contribution in [3.63, 3.8) is 0 Å². The number of benzene rings is 2. The van der Waals surface area contributed by atoms with Gasteiger partial charge >= 0.3 is 0 Å². The zero-order valence-corrected chi connectivity index (χ0v) is 13.6. The third-order valence-electron chi connectivity index (χ3n) is 3.90. The fraction of sp³-hybridized carbons (Fsp3) is 0. The summed E-state index contributed by atoms with van der Waals surface area (Å²) in [5.74, 6) is 0.344. The number of hydrogen-bond donors (Lipinski definition) is 3. The van der Waals surface area contributed by atoms with Gasteiger partial charge in [-0.05, 0) is 24.3 Å². The van der Waals surface area contributed by atoms with Gasteiger partial charge in [-0.15, -0.1) is 0 Å². The molecule has 2 aromatic carbocycles. The maximum Gasteiger partial charge on any atom is 0.159 e. The van der Waals surface area contributed by atoms with Gasteiger partial charge in [-0.25, -0.2) is 14.4 Å². The highest BCUT2D eigenvalue weighted by Crippen LogP contribution is 2.30. The van der Waals surface area contributed by atoms with E-state index in [1.54, 1.807) is 24.4 Å². The van der Waals surface area contributed by atoms with Gasteiger partial charge in [0.1, 0.15) is 17.8 Å². The smallest absolute Gasteiger partial charge is 0.159 e. The lowest BCUT2D eigenvalue weighted by Gasteiger charge is -2.13. The fourth-order valence-electron chi connectivity index (χ4n) is 2.62. The second kappa shape index (κ2) is 6.64. The molecule has 128 valence electrons. The van der Waals surface area contributed by atoms with Gasteiger partial charge in [0.25, 0.3) is 0 Å². The molecule has 0 aliphatic rings. The molecule has 0 bridgehead atoms. The predicted molar refractivity (Wildman–Crippen MR) is 101 cm³/mol. The van der Waals surface area contributed by atoms with Crippen molar-refractivity contribution in [2.24, 2.45) is 0 Å². The molecule has 2 heterocycles. The summed E-state index contributed by atoms with van der Waals surface area (Å²) in [7, 11) is 0. The Labute approximate surface area is 148 Å². The number of nitrogens with one attached hydrogen (secondary N) is 2. The van der Waals surface area contributed by atoms with Gasteiger partial charge < -0.3 is 16.4 Å². The molecule has 4 rings (SSSR count). The van der Waals surface area contributed by atoms with Crippen LogP contribution in [0.5, 0.6) is 0 Å². The highest BCUT2D eigenvalue weighted by atomic mass is 19.1. The molecule has 6 nitrogen and oxygen atoms in total. The number of fused-ring (bicyclic) bond motifs is 1. The van der Waals surface area contributed by atoms with Crippen LogP contribution < -0.4 is 16.4 Å². The number of pyridine rings is 1. The van der Waals surface area contributed by atoms with Gasteiger partial charge in [0.15, 0.2) is 11.6 Å². The predicted octanol–water partition coefficient (Wildman–Crippen LogP) is 4.23. The van der Waals surface area contributed by atoms with Crippen LogP contribution in [0.15, 0.2) is 67.1 Å². The van der Waals surface area contributed by atoms with Crippen molar-refractivity contribution in [2.75, 3.05) is 16.4 Å². The molecule has 4 N–H and O–H groups in total. The van der Waals surface area contributed by atoms with E-state index in [2.05, 4.69) is 25.6 Å². The standard InChI is InChI=1S/C19H15FN6/c20-13-7-1-2-8-14(13)25-18-16(21)19(24-11-23-18)26-15-9-3-5-12-6-4-10-22-17(12)15/h1-11H,21H2,(H2,23,24,25,26). The number of aromatic nitrogens is 3. The summed E-state index contributed by atoms with van der Waals surface area (Å²) in [6.45, 7) is 0. The monoisotopic (exact) mass is 346 g/mol. The van der Waals surface area contributed by atoms with E-state index in [4.69, 9.17) is 5.73 Å². The third kappa shape index (κ3) is 2.98. The summed E-state index contributed by atoms with van der Waals surface area (Å²) in [6.07, 6.45) is 3.09. The van der Waals surface area contributed by atoms with Crippen molar-refractivity contribution < 1.29 is 4.39 Å². The van der Waals surface area contributed by atoms with E-state index in [1.165, 1.54) is 12.4 Å². The first-order valence-electron chi connectivity index (χ1n) is 7.95. The molecule has 0 saturated heterocycles. The molecule has 2 aromatic heterocycles. The summed E-state index contributed by atoms with van der Waals surface area (Å²) >= 11 is 0. The van der Waals surface area contributed by atoms with Crippen molar-refractivity contribution in [1.82, 2.24) is 15.0 Å². The van der Waals surface area contributed by atoms with Gasteiger partial charge in [0.2, 0.25) is 0 Å². The number of halogens is 1. The minimum absolute atomic E-state index is 0.281. The first-order valence-corrected chi connectivity index (χ1v) is 7.95. The van der Waals surface area contributed by atoms with E-state index in [0.717, 1.165) is 16.6 Å². The number of nitrogens with zero attached hydrogens (tertiary/aromatic N) is 3. The largest absolute Gasteiger partial charge is 0.393 e. The van der Waals surface area contributed by atoms with Crippen LogP contribution in [0.1, 0.15) is 0 Å². The van der Waals surface area contributed by atoms with Crippen LogP contribution in [-0.2, 0) is 0 Å². The summed E-state index contributed by atoms with van der Waals surface area (Å²) in [5, 5.41) is 7.08. The van der Waals surface area contributed by atoms with Crippen molar-refractivity contribution in [3.8, 4) is 0 Å². The van der Waals surface area contributed by atoms with Gasteiger partial charge in [-0.3, -0.25) is 4.98 Å². The van der Waals surface area contributed by atoms with E-state index in [1.807, 2.05) is 30.3 Å². The molecular weight excluding hydrogens is 331 g/mol. The Morgan fingerprint density at radius 1 is 0.769 bits per heavy atom. The maximum atomic E-state index is 13.9.